The summed E-state index contributed by atoms with van der Waals surface area (Å²) in [6.07, 6.45) is 4.83. The molecule has 88 valence electrons. The molecule has 0 amide bonds. The molecule has 0 radical (unpaired) electrons. The summed E-state index contributed by atoms with van der Waals surface area (Å²) in [5, 5.41) is 0. The van der Waals surface area contributed by atoms with Gasteiger partial charge in [0, 0.05) is 0 Å². The Morgan fingerprint density at radius 2 is 1.00 bits per heavy atom. The average molecular weight is 422 g/mol. The predicted octanol–water partition coefficient (Wildman–Crippen LogP) is 4.83. The molecule has 0 aromatic carbocycles. The molecule has 0 saturated heterocycles. The summed E-state index contributed by atoms with van der Waals surface area (Å²) in [6, 6.07) is 0. The van der Waals surface area contributed by atoms with Crippen molar-refractivity contribution in [1.82, 2.24) is 0 Å². The molecule has 4 unspecified atom stereocenters. The van der Waals surface area contributed by atoms with Crippen molar-refractivity contribution in [2.24, 2.45) is 11.8 Å². The van der Waals surface area contributed by atoms with Gasteiger partial charge in [0.05, 0.1) is 0 Å². The predicted molar refractivity (Wildman–Crippen MR) is 75.0 cm³/mol. The van der Waals surface area contributed by atoms with Gasteiger partial charge in [0.1, 0.15) is 0 Å². The quantitative estimate of drug-likeness (QED) is 0.560. The van der Waals surface area contributed by atoms with Gasteiger partial charge in [-0.1, -0.05) is 0 Å². The van der Waals surface area contributed by atoms with Gasteiger partial charge in [0.2, 0.25) is 0 Å². The molecule has 0 heterocycles. The van der Waals surface area contributed by atoms with Gasteiger partial charge < -0.3 is 0 Å². The third-order valence-corrected chi connectivity index (χ3v) is 23.8. The molecule has 0 spiro atoms. The van der Waals surface area contributed by atoms with Crippen LogP contribution in [0.4, 0.5) is 0 Å². The van der Waals surface area contributed by atoms with Crippen LogP contribution in [0.5, 0.6) is 0 Å². The Labute approximate surface area is 104 Å². The summed E-state index contributed by atoms with van der Waals surface area (Å²) in [6.45, 7) is 0. The Balaban J connectivity index is 2.28. The van der Waals surface area contributed by atoms with E-state index in [9.17, 15) is 0 Å². The van der Waals surface area contributed by atoms with Crippen LogP contribution >= 0.6 is 0 Å². The van der Waals surface area contributed by atoms with Crippen molar-refractivity contribution >= 4 is 36.8 Å². The van der Waals surface area contributed by atoms with Gasteiger partial charge in [-0.15, -0.1) is 0 Å². The van der Waals surface area contributed by atoms with Crippen LogP contribution in [0.25, 0.3) is 0 Å². The molecule has 2 fully saturated rings. The monoisotopic (exact) mass is 424 g/mol. The summed E-state index contributed by atoms with van der Waals surface area (Å²) in [5.41, 5.74) is 0. The average Bonchev–Trinajstić information content (AvgIpc) is 2.56. The Hall–Kier alpha value is 1.60. The third-order valence-electron chi connectivity index (χ3n) is 4.92. The second-order valence-electron chi connectivity index (χ2n) is 8.12. The second kappa shape index (κ2) is 4.06. The van der Waals surface area contributed by atoms with Crippen LogP contribution in [0.15, 0.2) is 0 Å². The summed E-state index contributed by atoms with van der Waals surface area (Å²) in [7, 11) is 0. The standard InChI is InChI=1S/C7H10.6CH3.2Sn/c1-2-7-4-3-6(1)5-7;;;;;;;;/h1-2,6-7H,3-5H2;6*1H3;;. The van der Waals surface area contributed by atoms with Crippen molar-refractivity contribution in [1.29, 1.82) is 0 Å². The number of hydrogen-bond donors (Lipinski definition) is 0. The van der Waals surface area contributed by atoms with E-state index in [0.29, 0.717) is 0 Å². The molecule has 4 atom stereocenters. The minimum absolute atomic E-state index is 1.19. The van der Waals surface area contributed by atoms with Crippen molar-refractivity contribution in [3.63, 3.8) is 0 Å². The van der Waals surface area contributed by atoms with E-state index in [0.717, 1.165) is 0 Å². The van der Waals surface area contributed by atoms with E-state index in [1.54, 1.807) is 19.3 Å². The number of hydrogen-bond acceptors (Lipinski definition) is 0. The van der Waals surface area contributed by atoms with Crippen molar-refractivity contribution in [2.45, 2.75) is 56.8 Å². The molecule has 2 rings (SSSR count). The van der Waals surface area contributed by atoms with Crippen molar-refractivity contribution in [2.75, 3.05) is 0 Å². The van der Waals surface area contributed by atoms with Gasteiger partial charge in [-0.05, 0) is 0 Å². The molecule has 0 aromatic rings. The maximum atomic E-state index is 2.70. The Bertz CT molecular complexity index is 220. The topological polar surface area (TPSA) is 0 Å². The Morgan fingerprint density at radius 1 is 0.667 bits per heavy atom. The van der Waals surface area contributed by atoms with Crippen LogP contribution in [0.2, 0.25) is 37.5 Å². The summed E-state index contributed by atoms with van der Waals surface area (Å²) < 4.78 is 2.54. The zero-order valence-electron chi connectivity index (χ0n) is 11.4. The molecule has 2 saturated carbocycles. The van der Waals surface area contributed by atoms with Crippen LogP contribution in [-0.2, 0) is 0 Å². The van der Waals surface area contributed by atoms with E-state index in [4.69, 9.17) is 0 Å². The zero-order chi connectivity index (χ0) is 11.4. The molecule has 0 nitrogen and oxygen atoms in total. The van der Waals surface area contributed by atoms with Gasteiger partial charge in [0.25, 0.3) is 0 Å². The molecular formula is C13H28Sn2. The fraction of sp³-hybridized carbons (Fsp3) is 1.00. The molecule has 0 aliphatic heterocycles. The van der Waals surface area contributed by atoms with Crippen LogP contribution in [0.1, 0.15) is 19.3 Å². The van der Waals surface area contributed by atoms with Crippen LogP contribution in [0.3, 0.4) is 0 Å². The van der Waals surface area contributed by atoms with Crippen molar-refractivity contribution < 1.29 is 0 Å². The first-order chi connectivity index (χ1) is 6.71. The summed E-state index contributed by atoms with van der Waals surface area (Å²) in [4.78, 5) is 16.2. The Kier molecular flexibility index (Phi) is 3.53. The summed E-state index contributed by atoms with van der Waals surface area (Å²) in [5.74, 6) is 2.37. The molecular weight excluding hydrogens is 394 g/mol. The fourth-order valence-corrected chi connectivity index (χ4v) is 41.4. The number of rotatable bonds is 2. The number of fused-ring (bicyclic) bond motifs is 2. The van der Waals surface area contributed by atoms with Crippen LogP contribution < -0.4 is 0 Å². The molecule has 0 aromatic heterocycles. The molecule has 0 N–H and O–H groups in total. The van der Waals surface area contributed by atoms with Gasteiger partial charge >= 0.3 is 105 Å². The molecule has 15 heavy (non-hydrogen) atoms. The molecule has 2 aliphatic carbocycles. The van der Waals surface area contributed by atoms with E-state index in [1.165, 1.54) is 19.7 Å². The minimum atomic E-state index is -1.65. The molecule has 2 bridgehead atoms. The van der Waals surface area contributed by atoms with Crippen LogP contribution in [-0.4, -0.2) is 36.8 Å². The zero-order valence-corrected chi connectivity index (χ0v) is 17.1. The van der Waals surface area contributed by atoms with E-state index >= 15 is 0 Å². The first-order valence-electron chi connectivity index (χ1n) is 6.71. The SMILES string of the molecule is [CH3][Sn]([CH3])([CH3])[CH]1C2CCC(C2)[CH]1[Sn]([CH3])([CH3])[CH3]. The van der Waals surface area contributed by atoms with Gasteiger partial charge in [-0.25, -0.2) is 0 Å². The van der Waals surface area contributed by atoms with Crippen LogP contribution in [0, 0.1) is 11.8 Å². The Morgan fingerprint density at radius 3 is 1.27 bits per heavy atom. The second-order valence-corrected chi connectivity index (χ2v) is 38.9. The first-order valence-corrected chi connectivity index (χ1v) is 27.1. The van der Waals surface area contributed by atoms with Crippen molar-refractivity contribution in [3.8, 4) is 0 Å². The van der Waals surface area contributed by atoms with Gasteiger partial charge in [0.15, 0.2) is 0 Å². The molecule has 2 heteroatoms. The van der Waals surface area contributed by atoms with E-state index in [2.05, 4.69) is 29.6 Å². The van der Waals surface area contributed by atoms with E-state index < -0.39 is 36.8 Å². The fourth-order valence-electron chi connectivity index (χ4n) is 4.78. The normalized spacial score (nSPS) is 41.2. The van der Waals surface area contributed by atoms with E-state index in [1.807, 2.05) is 0 Å². The van der Waals surface area contributed by atoms with Gasteiger partial charge in [-0.3, -0.25) is 0 Å². The van der Waals surface area contributed by atoms with Crippen molar-refractivity contribution in [3.05, 3.63) is 0 Å². The maximum absolute atomic E-state index is 2.70. The first kappa shape index (κ1) is 13.0. The van der Waals surface area contributed by atoms with Gasteiger partial charge in [-0.2, -0.15) is 0 Å². The third kappa shape index (κ3) is 2.41. The molecule has 2 aliphatic rings. The van der Waals surface area contributed by atoms with E-state index in [-0.39, 0.29) is 0 Å². The summed E-state index contributed by atoms with van der Waals surface area (Å²) >= 11 is -3.29.